The monoisotopic (exact) mass is 271 g/mol. The van der Waals surface area contributed by atoms with Crippen molar-refractivity contribution < 1.29 is 0 Å². The van der Waals surface area contributed by atoms with Gasteiger partial charge < -0.3 is 10.2 Å². The summed E-state index contributed by atoms with van der Waals surface area (Å²) in [4.78, 5) is 4.90. The van der Waals surface area contributed by atoms with Crippen molar-refractivity contribution >= 4 is 0 Å². The van der Waals surface area contributed by atoms with Crippen molar-refractivity contribution in [2.75, 3.05) is 39.9 Å². The molecule has 2 rings (SSSR count). The second-order valence-electron chi connectivity index (χ2n) is 5.45. The van der Waals surface area contributed by atoms with Gasteiger partial charge >= 0.3 is 0 Å². The second-order valence-corrected chi connectivity index (χ2v) is 5.45. The number of piperidine rings is 1. The van der Waals surface area contributed by atoms with Gasteiger partial charge in [-0.1, -0.05) is 27.2 Å². The van der Waals surface area contributed by atoms with E-state index in [1.807, 2.05) is 13.8 Å². The smallest absolute Gasteiger partial charge is 0.0477 e. The minimum absolute atomic E-state index is 0.820. The summed E-state index contributed by atoms with van der Waals surface area (Å²) in [5.74, 6) is 0. The highest BCUT2D eigenvalue weighted by molar-refractivity contribution is 4.69. The number of nitrogens with one attached hydrogen (secondary N) is 1. The van der Waals surface area contributed by atoms with E-state index in [0.717, 1.165) is 12.7 Å². The summed E-state index contributed by atoms with van der Waals surface area (Å²) in [5, 5.41) is 3.26. The molecule has 1 unspecified atom stereocenters. The van der Waals surface area contributed by atoms with Gasteiger partial charge in [0.1, 0.15) is 0 Å². The van der Waals surface area contributed by atoms with Crippen LogP contribution in [0.2, 0.25) is 0 Å². The molecule has 0 aromatic carbocycles. The van der Waals surface area contributed by atoms with Crippen molar-refractivity contribution in [1.82, 2.24) is 15.1 Å². The van der Waals surface area contributed by atoms with Gasteiger partial charge in [-0.3, -0.25) is 4.90 Å². The summed E-state index contributed by atoms with van der Waals surface area (Å²) in [5.41, 5.74) is 0. The van der Waals surface area contributed by atoms with Crippen LogP contribution in [0.1, 0.15) is 59.8 Å². The molecule has 0 saturated carbocycles. The molecule has 1 atom stereocenters. The third kappa shape index (κ3) is 9.42. The van der Waals surface area contributed by atoms with Crippen molar-refractivity contribution in [3.8, 4) is 0 Å². The van der Waals surface area contributed by atoms with Gasteiger partial charge in [0.15, 0.2) is 0 Å². The first kappa shape index (κ1) is 18.9. The Bertz CT molecular complexity index is 173. The number of nitrogens with zero attached hydrogens (tertiary/aromatic N) is 2. The standard InChI is InChI=1S/C9H19N.C5H12N2.C2H6/c1-3-9(2)10-7-5-4-6-8-10;1-7-4-2-3-6-5-7;1-2/h9H,3-8H2,1-2H3;6H,2-5H2,1H3;1-2H3. The maximum Gasteiger partial charge on any atom is 0.0477 e. The van der Waals surface area contributed by atoms with Crippen LogP contribution in [0.25, 0.3) is 0 Å². The molecule has 0 bridgehead atoms. The Hall–Kier alpha value is -0.120. The van der Waals surface area contributed by atoms with E-state index in [-0.39, 0.29) is 0 Å². The first-order chi connectivity index (χ1) is 9.24. The number of hydrogen-bond acceptors (Lipinski definition) is 3. The molecule has 0 aromatic heterocycles. The Labute approximate surface area is 121 Å². The first-order valence-electron chi connectivity index (χ1n) is 8.37. The van der Waals surface area contributed by atoms with Crippen molar-refractivity contribution in [1.29, 1.82) is 0 Å². The average Bonchev–Trinajstić information content (AvgIpc) is 2.51. The molecular weight excluding hydrogens is 234 g/mol. The summed E-state index contributed by atoms with van der Waals surface area (Å²) < 4.78 is 0. The number of rotatable bonds is 2. The molecule has 0 radical (unpaired) electrons. The van der Waals surface area contributed by atoms with Crippen molar-refractivity contribution in [3.05, 3.63) is 0 Å². The lowest BCUT2D eigenvalue weighted by Crippen LogP contribution is -2.38. The molecule has 3 nitrogen and oxygen atoms in total. The Morgan fingerprint density at radius 1 is 1.00 bits per heavy atom. The summed E-state index contributed by atoms with van der Waals surface area (Å²) in [6.45, 7) is 14.8. The molecule has 0 aromatic rings. The van der Waals surface area contributed by atoms with Gasteiger partial charge in [-0.2, -0.15) is 0 Å². The Morgan fingerprint density at radius 2 is 1.63 bits per heavy atom. The molecule has 2 saturated heterocycles. The molecule has 2 fully saturated rings. The zero-order valence-electron chi connectivity index (χ0n) is 14.0. The van der Waals surface area contributed by atoms with Gasteiger partial charge in [0.05, 0.1) is 0 Å². The average molecular weight is 271 g/mol. The van der Waals surface area contributed by atoms with Crippen LogP contribution in [0, 0.1) is 0 Å². The maximum atomic E-state index is 3.26. The zero-order valence-corrected chi connectivity index (χ0v) is 14.0. The highest BCUT2D eigenvalue weighted by Crippen LogP contribution is 2.13. The minimum atomic E-state index is 0.820. The third-order valence-corrected chi connectivity index (χ3v) is 3.88. The Kier molecular flexibility index (Phi) is 12.8. The third-order valence-electron chi connectivity index (χ3n) is 3.88. The molecule has 1 N–H and O–H groups in total. The van der Waals surface area contributed by atoms with Crippen LogP contribution in [0.15, 0.2) is 0 Å². The molecule has 2 heterocycles. The van der Waals surface area contributed by atoms with Crippen LogP contribution in [0.5, 0.6) is 0 Å². The van der Waals surface area contributed by atoms with Gasteiger partial charge in [0.2, 0.25) is 0 Å². The van der Waals surface area contributed by atoms with E-state index in [4.69, 9.17) is 0 Å². The molecule has 0 amide bonds. The van der Waals surface area contributed by atoms with E-state index in [9.17, 15) is 0 Å². The van der Waals surface area contributed by atoms with Crippen LogP contribution in [-0.4, -0.2) is 55.7 Å². The topological polar surface area (TPSA) is 18.5 Å². The molecule has 19 heavy (non-hydrogen) atoms. The molecule has 116 valence electrons. The van der Waals surface area contributed by atoms with E-state index in [1.54, 1.807) is 0 Å². The Balaban J connectivity index is 0.000000316. The predicted molar refractivity (Wildman–Crippen MR) is 86.6 cm³/mol. The van der Waals surface area contributed by atoms with Crippen LogP contribution < -0.4 is 5.32 Å². The summed E-state index contributed by atoms with van der Waals surface area (Å²) >= 11 is 0. The SMILES string of the molecule is CC.CCC(C)N1CCCCC1.CN1CCCNC1. The van der Waals surface area contributed by atoms with Crippen LogP contribution in [0.3, 0.4) is 0 Å². The van der Waals surface area contributed by atoms with Gasteiger partial charge in [-0.25, -0.2) is 0 Å². The molecule has 3 heteroatoms. The lowest BCUT2D eigenvalue weighted by atomic mass is 10.1. The van der Waals surface area contributed by atoms with Crippen molar-refractivity contribution in [2.24, 2.45) is 0 Å². The van der Waals surface area contributed by atoms with Crippen molar-refractivity contribution in [3.63, 3.8) is 0 Å². The number of likely N-dealkylation sites (tertiary alicyclic amines) is 1. The lowest BCUT2D eigenvalue weighted by molar-refractivity contribution is 0.170. The molecule has 0 aliphatic carbocycles. The van der Waals surface area contributed by atoms with Gasteiger partial charge in [0.25, 0.3) is 0 Å². The molecule has 2 aliphatic heterocycles. The van der Waals surface area contributed by atoms with Crippen LogP contribution in [0.4, 0.5) is 0 Å². The van der Waals surface area contributed by atoms with Gasteiger partial charge in [0, 0.05) is 19.3 Å². The second kappa shape index (κ2) is 12.9. The molecule has 2 aliphatic rings. The summed E-state index contributed by atoms with van der Waals surface area (Å²) in [6.07, 6.45) is 6.90. The highest BCUT2D eigenvalue weighted by Gasteiger charge is 2.13. The lowest BCUT2D eigenvalue weighted by Gasteiger charge is -2.31. The predicted octanol–water partition coefficient (Wildman–Crippen LogP) is 3.17. The molecular formula is C16H37N3. The van der Waals surface area contributed by atoms with Crippen molar-refractivity contribution in [2.45, 2.75) is 65.8 Å². The minimum Gasteiger partial charge on any atom is -0.304 e. The van der Waals surface area contributed by atoms with Gasteiger partial charge in [-0.15, -0.1) is 0 Å². The molecule has 0 spiro atoms. The van der Waals surface area contributed by atoms with E-state index in [2.05, 4.69) is 36.0 Å². The largest absolute Gasteiger partial charge is 0.304 e. The summed E-state index contributed by atoms with van der Waals surface area (Å²) in [7, 11) is 2.13. The summed E-state index contributed by atoms with van der Waals surface area (Å²) in [6, 6.07) is 0.820. The quantitative estimate of drug-likeness (QED) is 0.832. The Morgan fingerprint density at radius 3 is 2.00 bits per heavy atom. The first-order valence-corrected chi connectivity index (χ1v) is 8.37. The fourth-order valence-corrected chi connectivity index (χ4v) is 2.44. The fourth-order valence-electron chi connectivity index (χ4n) is 2.44. The maximum absolute atomic E-state index is 3.26. The van der Waals surface area contributed by atoms with Crippen LogP contribution in [-0.2, 0) is 0 Å². The zero-order chi connectivity index (χ0) is 14.5. The van der Waals surface area contributed by atoms with E-state index < -0.39 is 0 Å². The van der Waals surface area contributed by atoms with E-state index in [0.29, 0.717) is 0 Å². The van der Waals surface area contributed by atoms with Crippen LogP contribution >= 0.6 is 0 Å². The number of hydrogen-bond donors (Lipinski definition) is 1. The fraction of sp³-hybridized carbons (Fsp3) is 1.00. The highest BCUT2D eigenvalue weighted by atomic mass is 15.2. The normalized spacial score (nSPS) is 22.6. The van der Waals surface area contributed by atoms with E-state index in [1.165, 1.54) is 58.3 Å². The van der Waals surface area contributed by atoms with E-state index >= 15 is 0 Å². The van der Waals surface area contributed by atoms with Gasteiger partial charge in [-0.05, 0) is 59.3 Å².